The molecule has 1 N–H and O–H groups in total. The molecule has 0 spiro atoms. The first-order valence-corrected chi connectivity index (χ1v) is 13.2. The summed E-state index contributed by atoms with van der Waals surface area (Å²) >= 11 is 15.9. The quantitative estimate of drug-likeness (QED) is 0.364. The predicted octanol–water partition coefficient (Wildman–Crippen LogP) is 6.73. The molecule has 1 saturated carbocycles. The second-order valence-electron chi connectivity index (χ2n) is 9.06. The van der Waals surface area contributed by atoms with Crippen molar-refractivity contribution in [2.45, 2.75) is 71.0 Å². The number of carbonyl (C=O) groups is 2. The molecule has 2 aromatic rings. The highest BCUT2D eigenvalue weighted by Gasteiger charge is 2.29. The van der Waals surface area contributed by atoms with Crippen molar-refractivity contribution in [3.05, 3.63) is 62.0 Å². The number of ether oxygens (including phenoxy) is 1. The van der Waals surface area contributed by atoms with Gasteiger partial charge in [-0.2, -0.15) is 0 Å². The van der Waals surface area contributed by atoms with E-state index in [2.05, 4.69) is 35.1 Å². The Balaban J connectivity index is 1.75. The van der Waals surface area contributed by atoms with E-state index in [0.29, 0.717) is 27.3 Å². The highest BCUT2D eigenvalue weighted by molar-refractivity contribution is 9.10. The highest BCUT2D eigenvalue weighted by atomic mass is 79.9. The first kappa shape index (κ1) is 26.8. The zero-order chi connectivity index (χ0) is 24.8. The fourth-order valence-electron chi connectivity index (χ4n) is 4.02. The Morgan fingerprint density at radius 2 is 1.82 bits per heavy atom. The molecule has 3 rings (SSSR count). The number of nitrogens with one attached hydrogen (secondary N) is 1. The van der Waals surface area contributed by atoms with Crippen LogP contribution in [0.3, 0.4) is 0 Å². The molecule has 5 nitrogen and oxygen atoms in total. The molecule has 1 atom stereocenters. The average molecular weight is 570 g/mol. The third kappa shape index (κ3) is 7.12. The molecule has 1 fully saturated rings. The van der Waals surface area contributed by atoms with Crippen LogP contribution in [0.15, 0.2) is 40.9 Å². The molecule has 0 unspecified atom stereocenters. The van der Waals surface area contributed by atoms with Gasteiger partial charge < -0.3 is 15.0 Å². The molecule has 1 aliphatic carbocycles. The number of hydrogen-bond acceptors (Lipinski definition) is 3. The Bertz CT molecular complexity index is 1030. The summed E-state index contributed by atoms with van der Waals surface area (Å²) in [7, 11) is 0. The van der Waals surface area contributed by atoms with Crippen LogP contribution in [-0.4, -0.2) is 35.4 Å². The minimum atomic E-state index is -0.685. The van der Waals surface area contributed by atoms with Gasteiger partial charge in [0.2, 0.25) is 5.91 Å². The predicted molar refractivity (Wildman–Crippen MR) is 141 cm³/mol. The molecule has 0 bridgehead atoms. The van der Waals surface area contributed by atoms with Crippen molar-refractivity contribution in [3.8, 4) is 5.75 Å². The maximum atomic E-state index is 13.3. The minimum absolute atomic E-state index is 0.165. The van der Waals surface area contributed by atoms with E-state index in [-0.39, 0.29) is 31.0 Å². The van der Waals surface area contributed by atoms with Gasteiger partial charge in [0.1, 0.15) is 11.8 Å². The van der Waals surface area contributed by atoms with Gasteiger partial charge in [0.15, 0.2) is 6.61 Å². The van der Waals surface area contributed by atoms with Crippen molar-refractivity contribution < 1.29 is 14.3 Å². The average Bonchev–Trinajstić information content (AvgIpc) is 3.30. The molecule has 1 aliphatic rings. The second-order valence-corrected chi connectivity index (χ2v) is 10.8. The molecule has 184 valence electrons. The zero-order valence-corrected chi connectivity index (χ0v) is 22.8. The molecular weight excluding hydrogens is 539 g/mol. The number of hydrogen-bond donors (Lipinski definition) is 1. The molecule has 2 amide bonds. The van der Waals surface area contributed by atoms with Gasteiger partial charge in [-0.15, -0.1) is 0 Å². The van der Waals surface area contributed by atoms with Crippen molar-refractivity contribution in [2.24, 2.45) is 0 Å². The van der Waals surface area contributed by atoms with E-state index in [1.165, 1.54) is 10.5 Å². The van der Waals surface area contributed by atoms with Gasteiger partial charge in [0, 0.05) is 22.6 Å². The van der Waals surface area contributed by atoms with E-state index in [1.54, 1.807) is 25.1 Å². The summed E-state index contributed by atoms with van der Waals surface area (Å²) in [5, 5.41) is 4.04. The van der Waals surface area contributed by atoms with Gasteiger partial charge >= 0.3 is 0 Å². The summed E-state index contributed by atoms with van der Waals surface area (Å²) in [6, 6.07) is 10.4. The summed E-state index contributed by atoms with van der Waals surface area (Å²) in [5.41, 5.74) is 1.88. The van der Waals surface area contributed by atoms with E-state index >= 15 is 0 Å². The Morgan fingerprint density at radius 3 is 2.44 bits per heavy atom. The van der Waals surface area contributed by atoms with Crippen molar-refractivity contribution in [1.82, 2.24) is 10.2 Å². The van der Waals surface area contributed by atoms with E-state index in [4.69, 9.17) is 27.9 Å². The fourth-order valence-corrected chi connectivity index (χ4v) is 5.00. The molecule has 0 radical (unpaired) electrons. The Labute approximate surface area is 220 Å². The molecule has 8 heteroatoms. The standard InChI is InChI=1S/C26H31BrCl2N2O3/c1-16(2)18-9-11-24(22(27)12-18)34-15-25(32)31(14-19-8-10-20(28)13-23(19)29)17(3)26(33)30-21-6-4-5-7-21/h8-13,16-17,21H,4-7,14-15H2,1-3H3,(H,30,33)/t17-/m1/s1. The third-order valence-corrected chi connectivity index (χ3v) is 7.41. The minimum Gasteiger partial charge on any atom is -0.483 e. The summed E-state index contributed by atoms with van der Waals surface area (Å²) in [5.74, 6) is 0.476. The van der Waals surface area contributed by atoms with Crippen molar-refractivity contribution >= 4 is 50.9 Å². The number of benzene rings is 2. The monoisotopic (exact) mass is 568 g/mol. The van der Waals surface area contributed by atoms with Gasteiger partial charge in [-0.05, 0) is 77.0 Å². The summed E-state index contributed by atoms with van der Waals surface area (Å²) < 4.78 is 6.62. The van der Waals surface area contributed by atoms with E-state index < -0.39 is 6.04 Å². The fraction of sp³-hybridized carbons (Fsp3) is 0.462. The van der Waals surface area contributed by atoms with E-state index in [0.717, 1.165) is 30.2 Å². The lowest BCUT2D eigenvalue weighted by molar-refractivity contribution is -0.142. The Hall–Kier alpha value is -1.76. The normalized spacial score (nSPS) is 14.8. The largest absolute Gasteiger partial charge is 0.483 e. The van der Waals surface area contributed by atoms with E-state index in [1.807, 2.05) is 18.2 Å². The van der Waals surface area contributed by atoms with Crippen LogP contribution in [0.5, 0.6) is 5.75 Å². The van der Waals surface area contributed by atoms with Crippen LogP contribution in [0.4, 0.5) is 0 Å². The Kier molecular flexibility index (Phi) is 9.69. The maximum absolute atomic E-state index is 13.3. The number of halogens is 3. The molecule has 0 aromatic heterocycles. The molecule has 2 aromatic carbocycles. The van der Waals surface area contributed by atoms with Crippen molar-refractivity contribution in [3.63, 3.8) is 0 Å². The lowest BCUT2D eigenvalue weighted by Crippen LogP contribution is -2.50. The summed E-state index contributed by atoms with van der Waals surface area (Å²) in [4.78, 5) is 27.8. The second kappa shape index (κ2) is 12.3. The molecule has 0 aliphatic heterocycles. The third-order valence-electron chi connectivity index (χ3n) is 6.20. The molecule has 0 saturated heterocycles. The smallest absolute Gasteiger partial charge is 0.261 e. The zero-order valence-electron chi connectivity index (χ0n) is 19.7. The van der Waals surface area contributed by atoms with Gasteiger partial charge in [0.05, 0.1) is 4.47 Å². The lowest BCUT2D eigenvalue weighted by Gasteiger charge is -2.30. The van der Waals surface area contributed by atoms with Gasteiger partial charge in [-0.3, -0.25) is 9.59 Å². The topological polar surface area (TPSA) is 58.6 Å². The van der Waals surface area contributed by atoms with Gasteiger partial charge in [-0.25, -0.2) is 0 Å². The van der Waals surface area contributed by atoms with E-state index in [9.17, 15) is 9.59 Å². The van der Waals surface area contributed by atoms with Crippen LogP contribution in [0.1, 0.15) is 63.5 Å². The maximum Gasteiger partial charge on any atom is 0.261 e. The molecule has 34 heavy (non-hydrogen) atoms. The number of carbonyl (C=O) groups excluding carboxylic acids is 2. The summed E-state index contributed by atoms with van der Waals surface area (Å²) in [6.45, 7) is 5.93. The number of amides is 2. The van der Waals surface area contributed by atoms with Crippen molar-refractivity contribution in [2.75, 3.05) is 6.61 Å². The summed E-state index contributed by atoms with van der Waals surface area (Å²) in [6.07, 6.45) is 4.17. The SMILES string of the molecule is CC(C)c1ccc(OCC(=O)N(Cc2ccc(Cl)cc2Cl)[C@H](C)C(=O)NC2CCCC2)c(Br)c1. The molecular formula is C26H31BrCl2N2O3. The van der Waals surface area contributed by atoms with Crippen molar-refractivity contribution in [1.29, 1.82) is 0 Å². The Morgan fingerprint density at radius 1 is 1.12 bits per heavy atom. The van der Waals surface area contributed by atoms with Crippen LogP contribution < -0.4 is 10.1 Å². The van der Waals surface area contributed by atoms with Crippen LogP contribution in [0, 0.1) is 0 Å². The number of nitrogens with zero attached hydrogens (tertiary/aromatic N) is 1. The van der Waals surface area contributed by atoms with Gasteiger partial charge in [0.25, 0.3) is 5.91 Å². The van der Waals surface area contributed by atoms with Crippen LogP contribution in [-0.2, 0) is 16.1 Å². The van der Waals surface area contributed by atoms with Gasteiger partial charge in [-0.1, -0.05) is 62.0 Å². The number of rotatable bonds is 9. The first-order chi connectivity index (χ1) is 16.2. The van der Waals surface area contributed by atoms with Crippen LogP contribution >= 0.6 is 39.1 Å². The molecule has 0 heterocycles. The highest BCUT2D eigenvalue weighted by Crippen LogP contribution is 2.29. The first-order valence-electron chi connectivity index (χ1n) is 11.6. The lowest BCUT2D eigenvalue weighted by atomic mass is 10.0. The van der Waals surface area contributed by atoms with Crippen LogP contribution in [0.25, 0.3) is 0 Å². The van der Waals surface area contributed by atoms with Crippen LogP contribution in [0.2, 0.25) is 10.0 Å².